The molecular formula is C7H7NO7S2. The molecule has 0 fully saturated rings. The molecule has 0 unspecified atom stereocenters. The van der Waals surface area contributed by atoms with Crippen molar-refractivity contribution < 1.29 is 30.7 Å². The number of amides is 1. The van der Waals surface area contributed by atoms with Gasteiger partial charge in [0.15, 0.2) is 0 Å². The van der Waals surface area contributed by atoms with Crippen LogP contribution in [0.15, 0.2) is 28.0 Å². The average molecular weight is 281 g/mol. The third kappa shape index (κ3) is 3.23. The number of rotatable bonds is 4. The van der Waals surface area contributed by atoms with Gasteiger partial charge in [-0.05, 0) is 18.2 Å². The molecule has 0 aromatic heterocycles. The SMILES string of the molecule is O=CNc1cc(S(=O)(=O)O)ccc1S(=O)(=O)O. The maximum Gasteiger partial charge on any atom is 0.296 e. The van der Waals surface area contributed by atoms with Crippen LogP contribution in [0.2, 0.25) is 0 Å². The van der Waals surface area contributed by atoms with Gasteiger partial charge in [0.25, 0.3) is 20.2 Å². The standard InChI is InChI=1S/C7H7NO7S2/c9-4-8-6-3-5(16(10,11)12)1-2-7(6)17(13,14)15/h1-4H,(H,8,9)(H,10,11,12)(H,13,14,15). The Labute approximate surface area is 96.8 Å². The fourth-order valence-corrected chi connectivity index (χ4v) is 2.21. The van der Waals surface area contributed by atoms with Gasteiger partial charge in [0.1, 0.15) is 4.90 Å². The van der Waals surface area contributed by atoms with Gasteiger partial charge in [-0.25, -0.2) is 0 Å². The predicted molar refractivity (Wildman–Crippen MR) is 55.8 cm³/mol. The minimum atomic E-state index is -4.62. The maximum atomic E-state index is 10.9. The molecule has 17 heavy (non-hydrogen) atoms. The third-order valence-corrected chi connectivity index (χ3v) is 3.50. The minimum Gasteiger partial charge on any atom is -0.327 e. The Hall–Kier alpha value is -1.49. The summed E-state index contributed by atoms with van der Waals surface area (Å²) >= 11 is 0. The molecule has 0 saturated heterocycles. The van der Waals surface area contributed by atoms with Crippen molar-refractivity contribution in [3.8, 4) is 0 Å². The summed E-state index contributed by atoms with van der Waals surface area (Å²) < 4.78 is 60.8. The van der Waals surface area contributed by atoms with Crippen molar-refractivity contribution in [3.05, 3.63) is 18.2 Å². The molecule has 0 radical (unpaired) electrons. The lowest BCUT2D eigenvalue weighted by Gasteiger charge is -2.06. The molecule has 10 heteroatoms. The van der Waals surface area contributed by atoms with Crippen LogP contribution in [0.25, 0.3) is 0 Å². The molecule has 0 atom stereocenters. The van der Waals surface area contributed by atoms with Crippen LogP contribution >= 0.6 is 0 Å². The number of carbonyl (C=O) groups excluding carboxylic acids is 1. The van der Waals surface area contributed by atoms with E-state index in [1.54, 1.807) is 0 Å². The Morgan fingerprint density at radius 2 is 1.65 bits per heavy atom. The summed E-state index contributed by atoms with van der Waals surface area (Å²) in [7, 11) is -9.15. The van der Waals surface area contributed by atoms with Crippen LogP contribution in [-0.4, -0.2) is 32.4 Å². The van der Waals surface area contributed by atoms with Gasteiger partial charge in [-0.1, -0.05) is 0 Å². The number of nitrogens with one attached hydrogen (secondary N) is 1. The largest absolute Gasteiger partial charge is 0.327 e. The van der Waals surface area contributed by atoms with E-state index in [0.29, 0.717) is 6.07 Å². The van der Waals surface area contributed by atoms with Crippen LogP contribution in [0.1, 0.15) is 0 Å². The molecule has 8 nitrogen and oxygen atoms in total. The number of hydrogen-bond donors (Lipinski definition) is 3. The molecule has 0 aliphatic rings. The summed E-state index contributed by atoms with van der Waals surface area (Å²) in [6.45, 7) is 0. The van der Waals surface area contributed by atoms with Crippen LogP contribution in [0, 0.1) is 0 Å². The lowest BCUT2D eigenvalue weighted by atomic mass is 10.3. The van der Waals surface area contributed by atoms with Crippen molar-refractivity contribution in [2.75, 3.05) is 5.32 Å². The zero-order valence-electron chi connectivity index (χ0n) is 8.06. The van der Waals surface area contributed by atoms with Crippen LogP contribution < -0.4 is 5.32 Å². The molecule has 0 aliphatic carbocycles. The fraction of sp³-hybridized carbons (Fsp3) is 0. The van der Waals surface area contributed by atoms with E-state index in [0.717, 1.165) is 12.1 Å². The van der Waals surface area contributed by atoms with E-state index >= 15 is 0 Å². The zero-order chi connectivity index (χ0) is 13.3. The number of anilines is 1. The topological polar surface area (TPSA) is 138 Å². The van der Waals surface area contributed by atoms with Gasteiger partial charge in [0.2, 0.25) is 6.41 Å². The Balaban J connectivity index is 3.53. The smallest absolute Gasteiger partial charge is 0.296 e. The molecule has 0 aliphatic heterocycles. The second-order valence-corrected chi connectivity index (χ2v) is 5.68. The highest BCUT2D eigenvalue weighted by Crippen LogP contribution is 2.24. The van der Waals surface area contributed by atoms with Gasteiger partial charge in [-0.2, -0.15) is 16.8 Å². The molecule has 1 aromatic rings. The number of hydrogen-bond acceptors (Lipinski definition) is 5. The molecule has 3 N–H and O–H groups in total. The fourth-order valence-electron chi connectivity index (χ4n) is 1.07. The Morgan fingerprint density at radius 1 is 1.06 bits per heavy atom. The molecule has 1 rings (SSSR count). The van der Waals surface area contributed by atoms with Gasteiger partial charge in [0, 0.05) is 0 Å². The first-order valence-electron chi connectivity index (χ1n) is 3.95. The van der Waals surface area contributed by atoms with Crippen LogP contribution in [0.4, 0.5) is 5.69 Å². The Kier molecular flexibility index (Phi) is 3.52. The van der Waals surface area contributed by atoms with Gasteiger partial charge >= 0.3 is 0 Å². The normalized spacial score (nSPS) is 12.1. The minimum absolute atomic E-state index is 0.0950. The highest BCUT2D eigenvalue weighted by Gasteiger charge is 2.19. The highest BCUT2D eigenvalue weighted by molar-refractivity contribution is 7.86. The van der Waals surface area contributed by atoms with Gasteiger partial charge < -0.3 is 5.32 Å². The van der Waals surface area contributed by atoms with Crippen LogP contribution in [-0.2, 0) is 25.0 Å². The molecular weight excluding hydrogens is 274 g/mol. The monoisotopic (exact) mass is 281 g/mol. The molecule has 0 heterocycles. The summed E-state index contributed by atoms with van der Waals surface area (Å²) in [5, 5.41) is 1.90. The van der Waals surface area contributed by atoms with Crippen LogP contribution in [0.3, 0.4) is 0 Å². The first-order valence-corrected chi connectivity index (χ1v) is 6.83. The zero-order valence-corrected chi connectivity index (χ0v) is 9.69. The Bertz CT molecular complexity index is 647. The van der Waals surface area contributed by atoms with Crippen molar-refractivity contribution >= 4 is 32.3 Å². The van der Waals surface area contributed by atoms with E-state index in [1.165, 1.54) is 0 Å². The van der Waals surface area contributed by atoms with E-state index in [1.807, 2.05) is 5.32 Å². The van der Waals surface area contributed by atoms with Crippen molar-refractivity contribution in [1.29, 1.82) is 0 Å². The number of carbonyl (C=O) groups is 1. The molecule has 1 amide bonds. The van der Waals surface area contributed by atoms with E-state index in [9.17, 15) is 21.6 Å². The molecule has 94 valence electrons. The molecule has 0 bridgehead atoms. The van der Waals surface area contributed by atoms with E-state index < -0.39 is 35.7 Å². The number of benzene rings is 1. The summed E-state index contributed by atoms with van der Waals surface area (Å²) in [6, 6.07) is 2.21. The average Bonchev–Trinajstić information content (AvgIpc) is 2.15. The van der Waals surface area contributed by atoms with Crippen molar-refractivity contribution in [2.45, 2.75) is 9.79 Å². The predicted octanol–water partition coefficient (Wildman–Crippen LogP) is -0.252. The first kappa shape index (κ1) is 13.6. The summed E-state index contributed by atoms with van der Waals surface area (Å²) in [6.07, 6.45) is 0.0950. The van der Waals surface area contributed by atoms with Crippen LogP contribution in [0.5, 0.6) is 0 Å². The van der Waals surface area contributed by atoms with Crippen molar-refractivity contribution in [1.82, 2.24) is 0 Å². The van der Waals surface area contributed by atoms with E-state index in [4.69, 9.17) is 9.11 Å². The lowest BCUT2D eigenvalue weighted by Crippen LogP contribution is -2.07. The van der Waals surface area contributed by atoms with E-state index in [2.05, 4.69) is 0 Å². The third-order valence-electron chi connectivity index (χ3n) is 1.74. The summed E-state index contributed by atoms with van der Waals surface area (Å²) in [5.74, 6) is 0. The maximum absolute atomic E-state index is 10.9. The highest BCUT2D eigenvalue weighted by atomic mass is 32.2. The Morgan fingerprint density at radius 3 is 2.06 bits per heavy atom. The molecule has 0 saturated carbocycles. The van der Waals surface area contributed by atoms with Crippen molar-refractivity contribution in [3.63, 3.8) is 0 Å². The quantitative estimate of drug-likeness (QED) is 0.511. The van der Waals surface area contributed by atoms with Crippen molar-refractivity contribution in [2.24, 2.45) is 0 Å². The second kappa shape index (κ2) is 4.41. The molecule has 0 spiro atoms. The van der Waals surface area contributed by atoms with E-state index in [-0.39, 0.29) is 6.41 Å². The lowest BCUT2D eigenvalue weighted by molar-refractivity contribution is -0.105. The second-order valence-electron chi connectivity index (χ2n) is 2.87. The van der Waals surface area contributed by atoms with Gasteiger partial charge in [0.05, 0.1) is 10.6 Å². The molecule has 1 aromatic carbocycles. The van der Waals surface area contributed by atoms with Gasteiger partial charge in [-0.3, -0.25) is 13.9 Å². The first-order chi connectivity index (χ1) is 7.66. The summed E-state index contributed by atoms with van der Waals surface area (Å²) in [4.78, 5) is 8.92. The summed E-state index contributed by atoms with van der Waals surface area (Å²) in [5.41, 5.74) is -0.461. The van der Waals surface area contributed by atoms with Gasteiger partial charge in [-0.15, -0.1) is 0 Å².